The zero-order valence-corrected chi connectivity index (χ0v) is 11.1. The van der Waals surface area contributed by atoms with Crippen LogP contribution in [0.15, 0.2) is 0 Å². The second-order valence-corrected chi connectivity index (χ2v) is 5.97. The number of rotatable bonds is 1. The molecular weight excluding hydrogens is 224 g/mol. The molecule has 0 aromatic heterocycles. The Morgan fingerprint density at radius 1 is 1.12 bits per heavy atom. The van der Waals surface area contributed by atoms with Gasteiger partial charge in [-0.2, -0.15) is 0 Å². The molecule has 2 rings (SSSR count). The van der Waals surface area contributed by atoms with Gasteiger partial charge in [0, 0.05) is 13.1 Å². The fraction of sp³-hybridized carbons (Fsp3) is 0.917. The third-order valence-corrected chi connectivity index (χ3v) is 4.08. The van der Waals surface area contributed by atoms with Crippen molar-refractivity contribution < 1.29 is 4.79 Å². The molecule has 94 valence electrons. The lowest BCUT2D eigenvalue weighted by atomic mass is 9.75. The molecule has 16 heavy (non-hydrogen) atoms. The van der Waals surface area contributed by atoms with Crippen molar-refractivity contribution in [3.05, 3.63) is 0 Å². The molecule has 2 aliphatic rings. The lowest BCUT2D eigenvalue weighted by Crippen LogP contribution is -2.60. The standard InChI is InChI=1S/C12H22N2O.ClH/c1-11(2)6-8-14(9-7-11)10(15)12(13)4-3-5-12;/h3-9,13H2,1-2H3;1H. The van der Waals surface area contributed by atoms with Gasteiger partial charge in [0.05, 0.1) is 5.54 Å². The van der Waals surface area contributed by atoms with Crippen LogP contribution in [0.25, 0.3) is 0 Å². The minimum absolute atomic E-state index is 0. The Morgan fingerprint density at radius 2 is 1.62 bits per heavy atom. The number of carbonyl (C=O) groups excluding carboxylic acids is 1. The Morgan fingerprint density at radius 3 is 2.00 bits per heavy atom. The zero-order valence-electron chi connectivity index (χ0n) is 10.3. The number of nitrogens with zero attached hydrogens (tertiary/aromatic N) is 1. The number of amides is 1. The Labute approximate surface area is 104 Å². The first-order chi connectivity index (χ1) is 6.93. The van der Waals surface area contributed by atoms with E-state index in [1.165, 1.54) is 0 Å². The summed E-state index contributed by atoms with van der Waals surface area (Å²) in [4.78, 5) is 14.1. The summed E-state index contributed by atoms with van der Waals surface area (Å²) in [5.41, 5.74) is 5.96. The fourth-order valence-corrected chi connectivity index (χ4v) is 2.40. The third-order valence-electron chi connectivity index (χ3n) is 4.08. The van der Waals surface area contributed by atoms with Gasteiger partial charge in [-0.15, -0.1) is 12.4 Å². The molecule has 1 saturated heterocycles. The highest BCUT2D eigenvalue weighted by Crippen LogP contribution is 2.34. The van der Waals surface area contributed by atoms with Crippen LogP contribution in [-0.2, 0) is 4.79 Å². The second-order valence-electron chi connectivity index (χ2n) is 5.97. The van der Waals surface area contributed by atoms with Crippen molar-refractivity contribution in [2.75, 3.05) is 13.1 Å². The Balaban J connectivity index is 0.00000128. The second kappa shape index (κ2) is 4.53. The van der Waals surface area contributed by atoms with Crippen molar-refractivity contribution in [1.29, 1.82) is 0 Å². The molecule has 2 fully saturated rings. The maximum Gasteiger partial charge on any atom is 0.242 e. The minimum Gasteiger partial charge on any atom is -0.341 e. The summed E-state index contributed by atoms with van der Waals surface area (Å²) in [7, 11) is 0. The topological polar surface area (TPSA) is 46.3 Å². The summed E-state index contributed by atoms with van der Waals surface area (Å²) in [6.45, 7) is 6.34. The van der Waals surface area contributed by atoms with Crippen LogP contribution in [-0.4, -0.2) is 29.4 Å². The number of piperidine rings is 1. The van der Waals surface area contributed by atoms with Gasteiger partial charge in [0.15, 0.2) is 0 Å². The van der Waals surface area contributed by atoms with Crippen LogP contribution in [0, 0.1) is 5.41 Å². The first-order valence-electron chi connectivity index (χ1n) is 6.01. The highest BCUT2D eigenvalue weighted by molar-refractivity contribution is 5.87. The molecular formula is C12H23ClN2O. The van der Waals surface area contributed by atoms with Crippen LogP contribution in [0.2, 0.25) is 0 Å². The van der Waals surface area contributed by atoms with Crippen LogP contribution in [0.1, 0.15) is 46.0 Å². The summed E-state index contributed by atoms with van der Waals surface area (Å²) in [6.07, 6.45) is 5.09. The highest BCUT2D eigenvalue weighted by atomic mass is 35.5. The lowest BCUT2D eigenvalue weighted by molar-refractivity contribution is -0.142. The number of hydrogen-bond donors (Lipinski definition) is 1. The molecule has 4 heteroatoms. The molecule has 1 saturated carbocycles. The highest BCUT2D eigenvalue weighted by Gasteiger charge is 2.43. The predicted octanol–water partition coefficient (Wildman–Crippen LogP) is 1.94. The molecule has 2 N–H and O–H groups in total. The smallest absolute Gasteiger partial charge is 0.242 e. The number of likely N-dealkylation sites (tertiary alicyclic amines) is 1. The van der Waals surface area contributed by atoms with Crippen molar-refractivity contribution in [2.24, 2.45) is 11.1 Å². The first kappa shape index (κ1) is 13.8. The van der Waals surface area contributed by atoms with E-state index in [4.69, 9.17) is 5.73 Å². The van der Waals surface area contributed by atoms with E-state index in [0.29, 0.717) is 5.41 Å². The van der Waals surface area contributed by atoms with Gasteiger partial charge in [0.1, 0.15) is 0 Å². The average molecular weight is 247 g/mol. The van der Waals surface area contributed by atoms with Crippen LogP contribution in [0.3, 0.4) is 0 Å². The largest absolute Gasteiger partial charge is 0.341 e. The normalized spacial score (nSPS) is 26.6. The van der Waals surface area contributed by atoms with Gasteiger partial charge in [0.25, 0.3) is 0 Å². The first-order valence-corrected chi connectivity index (χ1v) is 6.01. The number of halogens is 1. The molecule has 3 nitrogen and oxygen atoms in total. The summed E-state index contributed by atoms with van der Waals surface area (Å²) in [5, 5.41) is 0. The van der Waals surface area contributed by atoms with Crippen LogP contribution in [0.5, 0.6) is 0 Å². The van der Waals surface area contributed by atoms with E-state index in [1.807, 2.05) is 4.90 Å². The van der Waals surface area contributed by atoms with Crippen LogP contribution in [0.4, 0.5) is 0 Å². The average Bonchev–Trinajstić information content (AvgIpc) is 2.13. The molecule has 0 bridgehead atoms. The lowest BCUT2D eigenvalue weighted by Gasteiger charge is -2.44. The van der Waals surface area contributed by atoms with Crippen molar-refractivity contribution in [3.8, 4) is 0 Å². The summed E-state index contributed by atoms with van der Waals surface area (Å²) >= 11 is 0. The van der Waals surface area contributed by atoms with E-state index in [9.17, 15) is 4.79 Å². The molecule has 1 heterocycles. The van der Waals surface area contributed by atoms with Crippen molar-refractivity contribution in [3.63, 3.8) is 0 Å². The molecule has 1 aliphatic heterocycles. The van der Waals surface area contributed by atoms with Gasteiger partial charge in [0.2, 0.25) is 5.91 Å². The molecule has 0 radical (unpaired) electrons. The number of hydrogen-bond acceptors (Lipinski definition) is 2. The Hall–Kier alpha value is -0.280. The quantitative estimate of drug-likeness (QED) is 0.769. The summed E-state index contributed by atoms with van der Waals surface area (Å²) in [6, 6.07) is 0. The van der Waals surface area contributed by atoms with Gasteiger partial charge in [-0.3, -0.25) is 4.79 Å². The third kappa shape index (κ3) is 2.51. The molecule has 0 aromatic carbocycles. The van der Waals surface area contributed by atoms with Crippen molar-refractivity contribution >= 4 is 18.3 Å². The van der Waals surface area contributed by atoms with Gasteiger partial charge in [-0.1, -0.05) is 13.8 Å². The van der Waals surface area contributed by atoms with Gasteiger partial charge in [-0.05, 0) is 37.5 Å². The molecule has 0 spiro atoms. The van der Waals surface area contributed by atoms with E-state index in [-0.39, 0.29) is 18.3 Å². The Kier molecular flexibility index (Phi) is 3.91. The Bertz CT molecular complexity index is 264. The van der Waals surface area contributed by atoms with E-state index < -0.39 is 5.54 Å². The van der Waals surface area contributed by atoms with E-state index >= 15 is 0 Å². The zero-order chi connectivity index (χ0) is 11.1. The maximum atomic E-state index is 12.1. The summed E-state index contributed by atoms with van der Waals surface area (Å²) < 4.78 is 0. The van der Waals surface area contributed by atoms with Gasteiger partial charge >= 0.3 is 0 Å². The van der Waals surface area contributed by atoms with E-state index in [0.717, 1.165) is 45.2 Å². The molecule has 1 aliphatic carbocycles. The van der Waals surface area contributed by atoms with Crippen LogP contribution < -0.4 is 5.73 Å². The van der Waals surface area contributed by atoms with E-state index in [2.05, 4.69) is 13.8 Å². The molecule has 0 unspecified atom stereocenters. The van der Waals surface area contributed by atoms with Gasteiger partial charge in [-0.25, -0.2) is 0 Å². The van der Waals surface area contributed by atoms with Crippen LogP contribution >= 0.6 is 12.4 Å². The predicted molar refractivity (Wildman–Crippen MR) is 67.6 cm³/mol. The fourth-order valence-electron chi connectivity index (χ4n) is 2.40. The molecule has 1 amide bonds. The number of carbonyl (C=O) groups is 1. The van der Waals surface area contributed by atoms with Gasteiger partial charge < -0.3 is 10.6 Å². The van der Waals surface area contributed by atoms with Crippen molar-refractivity contribution in [2.45, 2.75) is 51.5 Å². The number of nitrogens with two attached hydrogens (primary N) is 1. The SMILES string of the molecule is CC1(C)CCN(C(=O)C2(N)CCC2)CC1.Cl. The monoisotopic (exact) mass is 246 g/mol. The molecule has 0 aromatic rings. The minimum atomic E-state index is -0.499. The van der Waals surface area contributed by atoms with E-state index in [1.54, 1.807) is 0 Å². The summed E-state index contributed by atoms with van der Waals surface area (Å²) in [5.74, 6) is 0.198. The van der Waals surface area contributed by atoms with Crippen molar-refractivity contribution in [1.82, 2.24) is 4.90 Å². The molecule has 0 atom stereocenters. The maximum absolute atomic E-state index is 12.1.